The Hall–Kier alpha value is -3.33. The molecule has 2 aromatic rings. The first-order valence-electron chi connectivity index (χ1n) is 14.4. The number of carboxylic acid groups (broad SMARTS) is 1. The number of hydroxylamine groups is 2. The van der Waals surface area contributed by atoms with Crippen molar-refractivity contribution in [1.82, 2.24) is 20.3 Å². The number of aryl methyl sites for hydroxylation is 1. The number of hydrogen-bond acceptors (Lipinski definition) is 10. The molecule has 3 aliphatic heterocycles. The number of likely N-dealkylation sites (tertiary alicyclic amines) is 1. The predicted octanol–water partition coefficient (Wildman–Crippen LogP) is 4.24. The van der Waals surface area contributed by atoms with Crippen LogP contribution in [-0.4, -0.2) is 88.7 Å². The molecule has 2 fully saturated rings. The van der Waals surface area contributed by atoms with Crippen LogP contribution in [0.3, 0.4) is 0 Å². The Morgan fingerprint density at radius 3 is 2.70 bits per heavy atom. The molecule has 0 aliphatic carbocycles. The number of carbonyl (C=O) groups is 2. The molecule has 3 aliphatic rings. The molecule has 0 spiro atoms. The maximum Gasteiger partial charge on any atom is 0.338 e. The van der Waals surface area contributed by atoms with Crippen molar-refractivity contribution in [2.75, 3.05) is 32.8 Å². The van der Waals surface area contributed by atoms with Crippen molar-refractivity contribution < 1.29 is 37.4 Å². The van der Waals surface area contributed by atoms with Gasteiger partial charge in [-0.2, -0.15) is 5.06 Å². The third-order valence-electron chi connectivity index (χ3n) is 8.35. The van der Waals surface area contributed by atoms with Gasteiger partial charge in [-0.3, -0.25) is 19.5 Å². The van der Waals surface area contributed by atoms with E-state index in [4.69, 9.17) is 14.6 Å². The zero-order chi connectivity index (χ0) is 32.0. The SMILES string of the molecule is CCOC(=O)C1=C(CN2CC(F)(F)[C@H]3[C@@H]2CON3CCC(C)(C)C(=O)O)NC(c2nc(C)cs2)=NC1c1cccc(F)c1C. The van der Waals surface area contributed by atoms with E-state index >= 15 is 8.78 Å². The number of carboxylic acids is 1. The van der Waals surface area contributed by atoms with Gasteiger partial charge in [0, 0.05) is 29.9 Å². The van der Waals surface area contributed by atoms with Crippen LogP contribution in [0, 0.1) is 25.1 Å². The minimum atomic E-state index is -3.18. The maximum absolute atomic E-state index is 15.6. The summed E-state index contributed by atoms with van der Waals surface area (Å²) in [5, 5.41) is 16.2. The lowest BCUT2D eigenvalue weighted by Crippen LogP contribution is -2.46. The summed E-state index contributed by atoms with van der Waals surface area (Å²) >= 11 is 1.33. The van der Waals surface area contributed by atoms with E-state index in [1.807, 2.05) is 12.3 Å². The fraction of sp³-hybridized carbons (Fsp3) is 0.533. The fourth-order valence-electron chi connectivity index (χ4n) is 5.78. The van der Waals surface area contributed by atoms with E-state index in [1.165, 1.54) is 28.5 Å². The molecule has 1 aromatic carbocycles. The largest absolute Gasteiger partial charge is 0.481 e. The van der Waals surface area contributed by atoms with E-state index < -0.39 is 53.8 Å². The number of nitrogens with zero attached hydrogens (tertiary/aromatic N) is 4. The molecule has 5 rings (SSSR count). The molecule has 0 radical (unpaired) electrons. The van der Waals surface area contributed by atoms with Gasteiger partial charge < -0.3 is 15.2 Å². The molecule has 44 heavy (non-hydrogen) atoms. The molecule has 2 saturated heterocycles. The second kappa shape index (κ2) is 12.2. The van der Waals surface area contributed by atoms with Gasteiger partial charge in [0.15, 0.2) is 10.8 Å². The first-order valence-corrected chi connectivity index (χ1v) is 15.3. The Morgan fingerprint density at radius 2 is 2.05 bits per heavy atom. The average molecular weight is 636 g/mol. The predicted molar refractivity (Wildman–Crippen MR) is 157 cm³/mol. The van der Waals surface area contributed by atoms with Crippen LogP contribution >= 0.6 is 11.3 Å². The van der Waals surface area contributed by atoms with Gasteiger partial charge >= 0.3 is 11.9 Å². The van der Waals surface area contributed by atoms with Crippen LogP contribution in [0.25, 0.3) is 0 Å². The molecule has 0 bridgehead atoms. The smallest absolute Gasteiger partial charge is 0.338 e. The number of rotatable bonds is 10. The van der Waals surface area contributed by atoms with E-state index in [0.29, 0.717) is 27.7 Å². The third kappa shape index (κ3) is 6.12. The van der Waals surface area contributed by atoms with Gasteiger partial charge in [0.1, 0.15) is 17.9 Å². The minimum Gasteiger partial charge on any atom is -0.481 e. The molecule has 10 nitrogen and oxygen atoms in total. The van der Waals surface area contributed by atoms with Crippen LogP contribution in [0.5, 0.6) is 0 Å². The lowest BCUT2D eigenvalue weighted by Gasteiger charge is -2.31. The highest BCUT2D eigenvalue weighted by atomic mass is 32.1. The van der Waals surface area contributed by atoms with E-state index in [-0.39, 0.29) is 38.3 Å². The number of aliphatic imine (C=N–C) groups is 1. The van der Waals surface area contributed by atoms with Gasteiger partial charge in [-0.1, -0.05) is 12.1 Å². The Bertz CT molecular complexity index is 1510. The molecule has 238 valence electrons. The molecule has 4 heterocycles. The van der Waals surface area contributed by atoms with E-state index in [1.54, 1.807) is 38.7 Å². The van der Waals surface area contributed by atoms with Crippen molar-refractivity contribution in [2.45, 2.75) is 65.1 Å². The Balaban J connectivity index is 1.52. The highest BCUT2D eigenvalue weighted by molar-refractivity contribution is 7.11. The van der Waals surface area contributed by atoms with Crippen molar-refractivity contribution in [1.29, 1.82) is 0 Å². The topological polar surface area (TPSA) is 117 Å². The van der Waals surface area contributed by atoms with Gasteiger partial charge in [-0.15, -0.1) is 11.3 Å². The zero-order valence-corrected chi connectivity index (χ0v) is 26.0. The van der Waals surface area contributed by atoms with Gasteiger partial charge in [0.05, 0.1) is 36.8 Å². The normalized spacial score (nSPS) is 23.8. The Labute approximate surface area is 257 Å². The lowest BCUT2D eigenvalue weighted by atomic mass is 9.89. The summed E-state index contributed by atoms with van der Waals surface area (Å²) < 4.78 is 51.4. The van der Waals surface area contributed by atoms with Crippen molar-refractivity contribution in [3.8, 4) is 0 Å². The fourth-order valence-corrected chi connectivity index (χ4v) is 6.52. The highest BCUT2D eigenvalue weighted by Crippen LogP contribution is 2.42. The summed E-state index contributed by atoms with van der Waals surface area (Å²) in [6.07, 6.45) is 0.114. The van der Waals surface area contributed by atoms with Gasteiger partial charge in [0.25, 0.3) is 5.92 Å². The summed E-state index contributed by atoms with van der Waals surface area (Å²) in [6, 6.07) is 1.51. The van der Waals surface area contributed by atoms with Crippen LogP contribution in [0.4, 0.5) is 13.2 Å². The molecule has 1 aromatic heterocycles. The summed E-state index contributed by atoms with van der Waals surface area (Å²) in [5.74, 6) is -5.03. The minimum absolute atomic E-state index is 0.0139. The Kier molecular flexibility index (Phi) is 8.91. The number of aliphatic carboxylic acids is 1. The number of fused-ring (bicyclic) bond motifs is 1. The maximum atomic E-state index is 15.6. The summed E-state index contributed by atoms with van der Waals surface area (Å²) in [5.41, 5.74) is 0.787. The molecule has 14 heteroatoms. The average Bonchev–Trinajstić information content (AvgIpc) is 3.65. The molecule has 0 saturated carbocycles. The van der Waals surface area contributed by atoms with Crippen LogP contribution in [-0.2, 0) is 19.2 Å². The van der Waals surface area contributed by atoms with Gasteiger partial charge in [-0.25, -0.2) is 22.9 Å². The molecule has 2 N–H and O–H groups in total. The van der Waals surface area contributed by atoms with Crippen LogP contribution in [0.15, 0.2) is 39.8 Å². The van der Waals surface area contributed by atoms with Crippen molar-refractivity contribution in [3.05, 3.63) is 62.5 Å². The number of ether oxygens (including phenoxy) is 1. The molecular formula is C30H36F3N5O5S. The second-order valence-corrected chi connectivity index (χ2v) is 12.8. The van der Waals surface area contributed by atoms with Crippen LogP contribution in [0.1, 0.15) is 55.1 Å². The van der Waals surface area contributed by atoms with E-state index in [2.05, 4.69) is 10.3 Å². The van der Waals surface area contributed by atoms with Gasteiger partial charge in [-0.05, 0) is 58.2 Å². The Morgan fingerprint density at radius 1 is 1.30 bits per heavy atom. The van der Waals surface area contributed by atoms with Crippen molar-refractivity contribution in [3.63, 3.8) is 0 Å². The summed E-state index contributed by atoms with van der Waals surface area (Å²) in [7, 11) is 0. The monoisotopic (exact) mass is 635 g/mol. The second-order valence-electron chi connectivity index (χ2n) is 11.9. The zero-order valence-electron chi connectivity index (χ0n) is 25.2. The first-order chi connectivity index (χ1) is 20.7. The molecule has 3 atom stereocenters. The number of halogens is 3. The van der Waals surface area contributed by atoms with Crippen molar-refractivity contribution >= 4 is 29.1 Å². The quantitative estimate of drug-likeness (QED) is 0.370. The van der Waals surface area contributed by atoms with Crippen LogP contribution in [0.2, 0.25) is 0 Å². The van der Waals surface area contributed by atoms with E-state index in [9.17, 15) is 19.1 Å². The number of esters is 1. The summed E-state index contributed by atoms with van der Waals surface area (Å²) in [6.45, 7) is 7.50. The number of carbonyl (C=O) groups excluding carboxylic acids is 1. The number of alkyl halides is 2. The number of benzene rings is 1. The van der Waals surface area contributed by atoms with Crippen molar-refractivity contribution in [2.24, 2.45) is 10.4 Å². The number of hydrogen-bond donors (Lipinski definition) is 2. The number of amidine groups is 1. The molecule has 1 unspecified atom stereocenters. The number of nitrogens with one attached hydrogen (secondary N) is 1. The standard InChI is InChI=1S/C30H36F3N5O5S/c1-6-42-27(39)22-20(12-37-15-30(32,33)24-21(37)13-43-38(24)11-10-29(4,5)28(40)41)35-25(26-34-16(2)14-44-26)36-23(22)18-8-7-9-19(31)17(18)3/h7-9,14,21,23-24H,6,10-13,15H2,1-5H3,(H,35,36)(H,40,41)/t21-,23?,24+/m0/s1. The first kappa shape index (κ1) is 32.1. The molecule has 0 amide bonds. The number of aromatic nitrogens is 1. The summed E-state index contributed by atoms with van der Waals surface area (Å²) in [4.78, 5) is 41.7. The van der Waals surface area contributed by atoms with Crippen LogP contribution < -0.4 is 5.32 Å². The highest BCUT2D eigenvalue weighted by Gasteiger charge is 2.61. The molecular weight excluding hydrogens is 599 g/mol. The third-order valence-corrected chi connectivity index (χ3v) is 9.31. The van der Waals surface area contributed by atoms with Gasteiger partial charge in [0.2, 0.25) is 0 Å². The number of thiazole rings is 1. The van der Waals surface area contributed by atoms with E-state index in [0.717, 1.165) is 5.69 Å². The lowest BCUT2D eigenvalue weighted by molar-refractivity contribution is -0.186.